The van der Waals surface area contributed by atoms with Crippen molar-refractivity contribution in [2.24, 2.45) is 0 Å². The van der Waals surface area contributed by atoms with Gasteiger partial charge in [-0.1, -0.05) is 35.8 Å². The third kappa shape index (κ3) is 2.91. The number of piperidine rings is 1. The van der Waals surface area contributed by atoms with Crippen LogP contribution < -0.4 is 0 Å². The lowest BCUT2D eigenvalue weighted by molar-refractivity contribution is 0.0597. The third-order valence-electron chi connectivity index (χ3n) is 4.39. The Kier molecular flexibility index (Phi) is 4.27. The van der Waals surface area contributed by atoms with Crippen LogP contribution in [0.25, 0.3) is 11.3 Å². The first-order valence-electron chi connectivity index (χ1n) is 8.03. The lowest BCUT2D eigenvalue weighted by Gasteiger charge is -2.34. The molecule has 0 aliphatic carbocycles. The summed E-state index contributed by atoms with van der Waals surface area (Å²) in [5, 5.41) is 4.00. The molecule has 0 unspecified atom stereocenters. The molecular formula is C18H22N2O2. The van der Waals surface area contributed by atoms with Gasteiger partial charge in [-0.05, 0) is 38.7 Å². The van der Waals surface area contributed by atoms with E-state index < -0.39 is 0 Å². The Labute approximate surface area is 131 Å². The average Bonchev–Trinajstić information content (AvgIpc) is 3.04. The molecule has 22 heavy (non-hydrogen) atoms. The maximum absolute atomic E-state index is 12.7. The number of hydrogen-bond donors (Lipinski definition) is 0. The first-order valence-corrected chi connectivity index (χ1v) is 8.03. The maximum Gasteiger partial charge on any atom is 0.276 e. The number of carbonyl (C=O) groups is 1. The van der Waals surface area contributed by atoms with Crippen molar-refractivity contribution >= 4 is 5.91 Å². The van der Waals surface area contributed by atoms with Crippen LogP contribution in [0.3, 0.4) is 0 Å². The number of rotatable bonds is 3. The summed E-state index contributed by atoms with van der Waals surface area (Å²) in [6.07, 6.45) is 4.36. The SMILES string of the molecule is CC[C@@H]1CCCCN1C(=O)c1cc(-c2cccc(C)c2)on1. The van der Waals surface area contributed by atoms with Gasteiger partial charge in [0.25, 0.3) is 5.91 Å². The standard InChI is InChI=1S/C18H22N2O2/c1-3-15-9-4-5-10-20(15)18(21)16-12-17(22-19-16)14-8-6-7-13(2)11-14/h6-8,11-12,15H,3-5,9-10H2,1-2H3/t15-/m1/s1. The first-order chi connectivity index (χ1) is 10.7. The molecule has 0 N–H and O–H groups in total. The number of benzene rings is 1. The Bertz CT molecular complexity index is 663. The molecule has 2 aromatic rings. The molecule has 1 saturated heterocycles. The summed E-state index contributed by atoms with van der Waals surface area (Å²) in [6.45, 7) is 4.99. The van der Waals surface area contributed by atoms with E-state index in [9.17, 15) is 4.79 Å². The minimum atomic E-state index is -0.00537. The van der Waals surface area contributed by atoms with Crippen molar-refractivity contribution in [2.45, 2.75) is 45.6 Å². The third-order valence-corrected chi connectivity index (χ3v) is 4.39. The number of amides is 1. The second kappa shape index (κ2) is 6.34. The summed E-state index contributed by atoms with van der Waals surface area (Å²) in [5.41, 5.74) is 2.53. The van der Waals surface area contributed by atoms with E-state index in [1.807, 2.05) is 36.1 Å². The van der Waals surface area contributed by atoms with E-state index in [1.165, 1.54) is 6.42 Å². The molecule has 3 rings (SSSR count). The molecule has 116 valence electrons. The zero-order valence-corrected chi connectivity index (χ0v) is 13.2. The summed E-state index contributed by atoms with van der Waals surface area (Å²) < 4.78 is 5.39. The second-order valence-corrected chi connectivity index (χ2v) is 6.00. The van der Waals surface area contributed by atoms with E-state index in [-0.39, 0.29) is 5.91 Å². The Hall–Kier alpha value is -2.10. The highest BCUT2D eigenvalue weighted by Gasteiger charge is 2.28. The van der Waals surface area contributed by atoms with Crippen molar-refractivity contribution in [2.75, 3.05) is 6.54 Å². The Balaban J connectivity index is 1.82. The predicted octanol–water partition coefficient (Wildman–Crippen LogP) is 4.05. The molecular weight excluding hydrogens is 276 g/mol. The van der Waals surface area contributed by atoms with E-state index in [4.69, 9.17) is 4.52 Å². The monoisotopic (exact) mass is 298 g/mol. The number of nitrogens with zero attached hydrogens (tertiary/aromatic N) is 2. The first kappa shape index (κ1) is 14.8. The molecule has 1 aliphatic rings. The van der Waals surface area contributed by atoms with Gasteiger partial charge in [-0.15, -0.1) is 0 Å². The number of aromatic nitrogens is 1. The van der Waals surface area contributed by atoms with Crippen LogP contribution >= 0.6 is 0 Å². The van der Waals surface area contributed by atoms with E-state index in [0.717, 1.165) is 36.9 Å². The zero-order valence-electron chi connectivity index (χ0n) is 13.2. The van der Waals surface area contributed by atoms with Crippen molar-refractivity contribution in [3.8, 4) is 11.3 Å². The van der Waals surface area contributed by atoms with Crippen LogP contribution in [-0.4, -0.2) is 28.6 Å². The predicted molar refractivity (Wildman–Crippen MR) is 85.6 cm³/mol. The fourth-order valence-electron chi connectivity index (χ4n) is 3.15. The van der Waals surface area contributed by atoms with Gasteiger partial charge in [0.15, 0.2) is 11.5 Å². The Morgan fingerprint density at radius 3 is 3.00 bits per heavy atom. The highest BCUT2D eigenvalue weighted by atomic mass is 16.5. The van der Waals surface area contributed by atoms with Gasteiger partial charge in [0.2, 0.25) is 0 Å². The zero-order chi connectivity index (χ0) is 15.5. The van der Waals surface area contributed by atoms with Gasteiger partial charge >= 0.3 is 0 Å². The van der Waals surface area contributed by atoms with Crippen LogP contribution in [0.5, 0.6) is 0 Å². The van der Waals surface area contributed by atoms with Crippen LogP contribution in [0.2, 0.25) is 0 Å². The molecule has 1 aromatic carbocycles. The number of aryl methyl sites for hydroxylation is 1. The van der Waals surface area contributed by atoms with Crippen LogP contribution in [0, 0.1) is 6.92 Å². The van der Waals surface area contributed by atoms with Gasteiger partial charge in [-0.2, -0.15) is 0 Å². The normalized spacial score (nSPS) is 18.5. The topological polar surface area (TPSA) is 46.3 Å². The molecule has 1 aromatic heterocycles. The quantitative estimate of drug-likeness (QED) is 0.858. The van der Waals surface area contributed by atoms with Gasteiger partial charge in [-0.25, -0.2) is 0 Å². The fraction of sp³-hybridized carbons (Fsp3) is 0.444. The van der Waals surface area contributed by atoms with Gasteiger partial charge in [-0.3, -0.25) is 4.79 Å². The summed E-state index contributed by atoms with van der Waals surface area (Å²) in [7, 11) is 0. The minimum absolute atomic E-state index is 0.00537. The maximum atomic E-state index is 12.7. The Morgan fingerprint density at radius 1 is 1.36 bits per heavy atom. The van der Waals surface area contributed by atoms with Gasteiger partial charge in [0.05, 0.1) is 0 Å². The largest absolute Gasteiger partial charge is 0.355 e. The number of hydrogen-bond acceptors (Lipinski definition) is 3. The highest BCUT2D eigenvalue weighted by Crippen LogP contribution is 2.25. The van der Waals surface area contributed by atoms with Crippen LogP contribution in [-0.2, 0) is 0 Å². The molecule has 2 heterocycles. The molecule has 0 saturated carbocycles. The van der Waals surface area contributed by atoms with E-state index in [2.05, 4.69) is 12.1 Å². The summed E-state index contributed by atoms with van der Waals surface area (Å²) in [5.74, 6) is 0.645. The molecule has 0 bridgehead atoms. The second-order valence-electron chi connectivity index (χ2n) is 6.00. The molecule has 4 nitrogen and oxygen atoms in total. The minimum Gasteiger partial charge on any atom is -0.355 e. The van der Waals surface area contributed by atoms with Crippen LogP contribution in [0.1, 0.15) is 48.7 Å². The average molecular weight is 298 g/mol. The molecule has 1 fully saturated rings. The van der Waals surface area contributed by atoms with Crippen LogP contribution in [0.4, 0.5) is 0 Å². The summed E-state index contributed by atoms with van der Waals surface area (Å²) >= 11 is 0. The molecule has 1 atom stereocenters. The van der Waals surface area contributed by atoms with Crippen molar-refractivity contribution in [3.63, 3.8) is 0 Å². The fourth-order valence-corrected chi connectivity index (χ4v) is 3.15. The van der Waals surface area contributed by atoms with E-state index in [0.29, 0.717) is 17.5 Å². The smallest absolute Gasteiger partial charge is 0.276 e. The lowest BCUT2D eigenvalue weighted by atomic mass is 9.99. The lowest BCUT2D eigenvalue weighted by Crippen LogP contribution is -2.43. The molecule has 1 aliphatic heterocycles. The van der Waals surface area contributed by atoms with Crippen molar-refractivity contribution < 1.29 is 9.32 Å². The molecule has 0 spiro atoms. The Morgan fingerprint density at radius 2 is 2.23 bits per heavy atom. The van der Waals surface area contributed by atoms with Crippen molar-refractivity contribution in [1.29, 1.82) is 0 Å². The highest BCUT2D eigenvalue weighted by molar-refractivity contribution is 5.93. The van der Waals surface area contributed by atoms with Gasteiger partial charge < -0.3 is 9.42 Å². The van der Waals surface area contributed by atoms with Crippen molar-refractivity contribution in [3.05, 3.63) is 41.6 Å². The van der Waals surface area contributed by atoms with Gasteiger partial charge in [0, 0.05) is 24.2 Å². The van der Waals surface area contributed by atoms with Crippen LogP contribution in [0.15, 0.2) is 34.9 Å². The summed E-state index contributed by atoms with van der Waals surface area (Å²) in [4.78, 5) is 14.6. The van der Waals surface area contributed by atoms with Gasteiger partial charge in [0.1, 0.15) is 0 Å². The number of carbonyl (C=O) groups excluding carboxylic acids is 1. The van der Waals surface area contributed by atoms with E-state index in [1.54, 1.807) is 6.07 Å². The molecule has 0 radical (unpaired) electrons. The summed E-state index contributed by atoms with van der Waals surface area (Å²) in [6, 6.07) is 10.1. The van der Waals surface area contributed by atoms with Crippen molar-refractivity contribution in [1.82, 2.24) is 10.1 Å². The molecule has 4 heteroatoms. The number of likely N-dealkylation sites (tertiary alicyclic amines) is 1. The molecule has 1 amide bonds. The van der Waals surface area contributed by atoms with E-state index >= 15 is 0 Å².